The normalized spacial score (nSPS) is 12.3. The van der Waals surface area contributed by atoms with Crippen molar-refractivity contribution in [3.05, 3.63) is 65.0 Å². The number of hydrogen-bond acceptors (Lipinski definition) is 3. The maximum Gasteiger partial charge on any atom is 0.220 e. The first kappa shape index (κ1) is 21.1. The van der Waals surface area contributed by atoms with Crippen molar-refractivity contribution in [1.29, 1.82) is 0 Å². The lowest BCUT2D eigenvalue weighted by molar-refractivity contribution is -0.121. The van der Waals surface area contributed by atoms with Crippen LogP contribution in [0.3, 0.4) is 0 Å². The maximum absolute atomic E-state index is 12.0. The molecular weight excluding hydrogens is 362 g/mol. The third kappa shape index (κ3) is 5.67. The number of aliphatic hydroxyl groups excluding tert-OH is 1. The number of rotatable bonds is 9. The van der Waals surface area contributed by atoms with Gasteiger partial charge in [-0.3, -0.25) is 4.79 Å². The lowest BCUT2D eigenvalue weighted by Crippen LogP contribution is -2.26. The van der Waals surface area contributed by atoms with Crippen LogP contribution in [0, 0.1) is 13.8 Å². The summed E-state index contributed by atoms with van der Waals surface area (Å²) in [6.45, 7) is 7.33. The van der Waals surface area contributed by atoms with E-state index < -0.39 is 0 Å². The van der Waals surface area contributed by atoms with Gasteiger partial charge in [-0.05, 0) is 56.9 Å². The summed E-state index contributed by atoms with van der Waals surface area (Å²) in [6.07, 6.45) is 2.13. The average molecular weight is 394 g/mol. The number of carbonyl (C=O) groups is 1. The molecule has 0 saturated heterocycles. The van der Waals surface area contributed by atoms with Crippen LogP contribution >= 0.6 is 0 Å². The topological polar surface area (TPSA) is 67.2 Å². The molecule has 0 saturated carbocycles. The van der Waals surface area contributed by atoms with Crippen LogP contribution in [-0.2, 0) is 17.8 Å². The molecule has 5 nitrogen and oxygen atoms in total. The Morgan fingerprint density at radius 2 is 2.00 bits per heavy atom. The highest BCUT2D eigenvalue weighted by Crippen LogP contribution is 2.20. The quantitative estimate of drug-likeness (QED) is 0.579. The van der Waals surface area contributed by atoms with E-state index in [-0.39, 0.29) is 12.0 Å². The Labute approximate surface area is 172 Å². The predicted molar refractivity (Wildman–Crippen MR) is 117 cm³/mol. The summed E-state index contributed by atoms with van der Waals surface area (Å²) < 4.78 is 2.26. The molecule has 29 heavy (non-hydrogen) atoms. The molecule has 0 fully saturated rings. The van der Waals surface area contributed by atoms with Crippen LogP contribution in [0.5, 0.6) is 0 Å². The molecule has 3 rings (SSSR count). The van der Waals surface area contributed by atoms with Gasteiger partial charge in [0.15, 0.2) is 0 Å². The molecule has 1 amide bonds. The first-order valence-corrected chi connectivity index (χ1v) is 10.4. The van der Waals surface area contributed by atoms with Crippen molar-refractivity contribution in [3.63, 3.8) is 0 Å². The second-order valence-corrected chi connectivity index (χ2v) is 7.87. The van der Waals surface area contributed by atoms with Crippen LogP contribution in [0.15, 0.2) is 42.5 Å². The number of hydrogen-bond donors (Lipinski definition) is 2. The van der Waals surface area contributed by atoms with Crippen LogP contribution < -0.4 is 5.32 Å². The number of aromatic nitrogens is 2. The Hall–Kier alpha value is -2.66. The molecule has 0 unspecified atom stereocenters. The summed E-state index contributed by atoms with van der Waals surface area (Å²) in [5.74, 6) is 1.01. The Kier molecular flexibility index (Phi) is 7.04. The van der Waals surface area contributed by atoms with Gasteiger partial charge in [-0.2, -0.15) is 0 Å². The number of amides is 1. The summed E-state index contributed by atoms with van der Waals surface area (Å²) in [5, 5.41) is 12.3. The third-order valence-corrected chi connectivity index (χ3v) is 5.26. The van der Waals surface area contributed by atoms with E-state index in [2.05, 4.69) is 48.0 Å². The van der Waals surface area contributed by atoms with Crippen molar-refractivity contribution in [1.82, 2.24) is 14.9 Å². The van der Waals surface area contributed by atoms with Gasteiger partial charge in [0.1, 0.15) is 5.82 Å². The van der Waals surface area contributed by atoms with Gasteiger partial charge in [-0.15, -0.1) is 0 Å². The zero-order valence-electron chi connectivity index (χ0n) is 17.6. The average Bonchev–Trinajstić information content (AvgIpc) is 3.02. The van der Waals surface area contributed by atoms with Crippen LogP contribution in [0.1, 0.15) is 48.7 Å². The van der Waals surface area contributed by atoms with Gasteiger partial charge in [-0.25, -0.2) is 4.98 Å². The van der Waals surface area contributed by atoms with Crippen LogP contribution in [0.2, 0.25) is 0 Å². The number of benzene rings is 2. The molecule has 1 aromatic heterocycles. The monoisotopic (exact) mass is 393 g/mol. The molecule has 1 atom stereocenters. The Morgan fingerprint density at radius 3 is 2.79 bits per heavy atom. The first-order valence-electron chi connectivity index (χ1n) is 10.4. The largest absolute Gasteiger partial charge is 0.393 e. The molecule has 0 spiro atoms. The number of aliphatic hydroxyl groups is 1. The Balaban J connectivity index is 1.72. The van der Waals surface area contributed by atoms with Crippen molar-refractivity contribution >= 4 is 16.9 Å². The molecule has 0 aliphatic heterocycles. The molecule has 0 aliphatic rings. The second kappa shape index (κ2) is 9.70. The van der Waals surface area contributed by atoms with Crippen molar-refractivity contribution in [3.8, 4) is 0 Å². The minimum Gasteiger partial charge on any atom is -0.393 e. The fourth-order valence-electron chi connectivity index (χ4n) is 3.59. The summed E-state index contributed by atoms with van der Waals surface area (Å²) in [6, 6.07) is 14.7. The molecule has 5 heteroatoms. The molecular formula is C24H31N3O2. The molecule has 1 heterocycles. The van der Waals surface area contributed by atoms with Crippen LogP contribution in [0.25, 0.3) is 11.0 Å². The van der Waals surface area contributed by atoms with Gasteiger partial charge in [0.25, 0.3) is 0 Å². The predicted octanol–water partition coefficient (Wildman–Crippen LogP) is 3.91. The van der Waals surface area contributed by atoms with Crippen molar-refractivity contribution < 1.29 is 9.90 Å². The van der Waals surface area contributed by atoms with Crippen molar-refractivity contribution in [2.75, 3.05) is 6.54 Å². The number of carbonyl (C=O) groups excluding carboxylic acids is 1. The van der Waals surface area contributed by atoms with E-state index in [1.165, 1.54) is 16.7 Å². The van der Waals surface area contributed by atoms with E-state index in [0.29, 0.717) is 32.2 Å². The van der Waals surface area contributed by atoms with E-state index in [1.54, 1.807) is 6.92 Å². The van der Waals surface area contributed by atoms with E-state index >= 15 is 0 Å². The number of nitrogens with one attached hydrogen (secondary N) is 1. The highest BCUT2D eigenvalue weighted by Gasteiger charge is 2.12. The standard InChI is InChI=1S/C24H31N3O2/c1-17-11-12-18(2)20(15-17)16-27-22-9-5-4-8-21(22)26-23(27)13-14-25-24(29)10-6-7-19(3)28/h4-5,8-9,11-12,15,19,28H,6-7,10,13-14,16H2,1-3H3,(H,25,29)/t19-/m1/s1. The molecule has 2 aromatic carbocycles. The van der Waals surface area contributed by atoms with Crippen LogP contribution in [-0.4, -0.2) is 33.2 Å². The SMILES string of the molecule is Cc1ccc(C)c(Cn2c(CCNC(=O)CCC[C@@H](C)O)nc3ccccc32)c1. The number of para-hydroxylation sites is 2. The minimum absolute atomic E-state index is 0.0304. The van der Waals surface area contributed by atoms with Gasteiger partial charge in [0.05, 0.1) is 17.1 Å². The second-order valence-electron chi connectivity index (χ2n) is 7.87. The Bertz CT molecular complexity index is 975. The van der Waals surface area contributed by atoms with E-state index in [1.807, 2.05) is 18.2 Å². The molecule has 0 aliphatic carbocycles. The molecule has 0 radical (unpaired) electrons. The highest BCUT2D eigenvalue weighted by molar-refractivity contribution is 5.77. The number of nitrogens with zero attached hydrogens (tertiary/aromatic N) is 2. The van der Waals surface area contributed by atoms with Crippen molar-refractivity contribution in [2.24, 2.45) is 0 Å². The number of fused-ring (bicyclic) bond motifs is 1. The summed E-state index contributed by atoms with van der Waals surface area (Å²) in [5.41, 5.74) is 5.91. The summed E-state index contributed by atoms with van der Waals surface area (Å²) >= 11 is 0. The molecule has 3 aromatic rings. The zero-order valence-corrected chi connectivity index (χ0v) is 17.6. The van der Waals surface area contributed by atoms with E-state index in [0.717, 1.165) is 23.4 Å². The minimum atomic E-state index is -0.354. The fraction of sp³-hybridized carbons (Fsp3) is 0.417. The smallest absolute Gasteiger partial charge is 0.220 e. The van der Waals surface area contributed by atoms with E-state index in [9.17, 15) is 9.90 Å². The molecule has 154 valence electrons. The summed E-state index contributed by atoms with van der Waals surface area (Å²) in [7, 11) is 0. The highest BCUT2D eigenvalue weighted by atomic mass is 16.3. The van der Waals surface area contributed by atoms with Gasteiger partial charge in [0, 0.05) is 25.9 Å². The van der Waals surface area contributed by atoms with Crippen LogP contribution in [0.4, 0.5) is 0 Å². The molecule has 2 N–H and O–H groups in total. The van der Waals surface area contributed by atoms with Gasteiger partial charge >= 0.3 is 0 Å². The third-order valence-electron chi connectivity index (χ3n) is 5.26. The van der Waals surface area contributed by atoms with Crippen molar-refractivity contribution in [2.45, 2.75) is 59.1 Å². The maximum atomic E-state index is 12.0. The Morgan fingerprint density at radius 1 is 1.21 bits per heavy atom. The van der Waals surface area contributed by atoms with Gasteiger partial charge in [0.2, 0.25) is 5.91 Å². The summed E-state index contributed by atoms with van der Waals surface area (Å²) in [4.78, 5) is 16.8. The number of aryl methyl sites for hydroxylation is 2. The first-order chi connectivity index (χ1) is 13.9. The lowest BCUT2D eigenvalue weighted by Gasteiger charge is -2.13. The number of imidazole rings is 1. The fourth-order valence-corrected chi connectivity index (χ4v) is 3.59. The lowest BCUT2D eigenvalue weighted by atomic mass is 10.1. The zero-order chi connectivity index (χ0) is 20.8. The van der Waals surface area contributed by atoms with E-state index in [4.69, 9.17) is 4.98 Å². The van der Waals surface area contributed by atoms with Gasteiger partial charge < -0.3 is 15.0 Å². The molecule has 0 bridgehead atoms. The van der Waals surface area contributed by atoms with Gasteiger partial charge in [-0.1, -0.05) is 35.9 Å².